The lowest BCUT2D eigenvalue weighted by Crippen LogP contribution is -2.05. The molecule has 0 fully saturated rings. The van der Waals surface area contributed by atoms with Gasteiger partial charge in [0.1, 0.15) is 0 Å². The smallest absolute Gasteiger partial charge is 0.0872 e. The van der Waals surface area contributed by atoms with Gasteiger partial charge in [0.25, 0.3) is 0 Å². The third-order valence-electron chi connectivity index (χ3n) is 11.2. The molecule has 0 saturated heterocycles. The first kappa shape index (κ1) is 47.6. The number of nitrogens with one attached hydrogen (secondary N) is 3. The highest BCUT2D eigenvalue weighted by Crippen LogP contribution is 2.31. The monoisotopic (exact) mass is 1010 g/mol. The van der Waals surface area contributed by atoms with Crippen LogP contribution in [0.25, 0.3) is 0 Å². The predicted molar refractivity (Wildman–Crippen MR) is 298 cm³/mol. The molecule has 0 unspecified atom stereocenters. The lowest BCUT2D eigenvalue weighted by atomic mass is 10.2. The molecule has 0 heterocycles. The van der Waals surface area contributed by atoms with Crippen molar-refractivity contribution in [2.45, 2.75) is 47.3 Å². The Morgan fingerprint density at radius 3 is 0.900 bits per heavy atom. The minimum atomic E-state index is 0.816. The van der Waals surface area contributed by atoms with Gasteiger partial charge in [-0.2, -0.15) is 0 Å². The van der Waals surface area contributed by atoms with Gasteiger partial charge in [-0.05, 0) is 198 Å². The molecule has 9 heteroatoms. The third kappa shape index (κ3) is 13.4. The van der Waals surface area contributed by atoms with Crippen LogP contribution in [-0.4, -0.2) is 0 Å². The highest BCUT2D eigenvalue weighted by Gasteiger charge is 2.06. The summed E-state index contributed by atoms with van der Waals surface area (Å²) in [4.78, 5) is 19.6. The predicted octanol–water partition coefficient (Wildman–Crippen LogP) is 16.9. The zero-order valence-electron chi connectivity index (χ0n) is 39.3. The summed E-state index contributed by atoms with van der Waals surface area (Å²) in [6.07, 6.45) is 0. The minimum absolute atomic E-state index is 0.816. The van der Waals surface area contributed by atoms with Crippen LogP contribution in [0.3, 0.4) is 0 Å². The van der Waals surface area contributed by atoms with Gasteiger partial charge < -0.3 is 16.0 Å². The Kier molecular flexibility index (Phi) is 15.5. The van der Waals surface area contributed by atoms with E-state index in [0.717, 1.165) is 91.3 Å². The van der Waals surface area contributed by atoms with E-state index in [-0.39, 0.29) is 0 Å². The summed E-state index contributed by atoms with van der Waals surface area (Å²) in [5.41, 5.74) is 13.2. The van der Waals surface area contributed by atoms with Crippen LogP contribution in [0.4, 0.5) is 51.2 Å². The van der Waals surface area contributed by atoms with Crippen molar-refractivity contribution in [2.75, 3.05) is 16.0 Å². The zero-order valence-corrected chi connectivity index (χ0v) is 42.5. The van der Waals surface area contributed by atoms with Crippen molar-refractivity contribution >= 4 is 90.6 Å². The van der Waals surface area contributed by atoms with Crippen LogP contribution in [-0.2, 0) is 0 Å². The minimum Gasteiger partial charge on any atom is -0.354 e. The molecule has 9 aromatic carbocycles. The van der Waals surface area contributed by atoms with E-state index in [4.69, 9.17) is 15.0 Å². The first-order valence-corrected chi connectivity index (χ1v) is 25.4. The van der Waals surface area contributed by atoms with E-state index >= 15 is 0 Å². The van der Waals surface area contributed by atoms with E-state index in [2.05, 4.69) is 260 Å². The molecule has 0 aliphatic heterocycles. The van der Waals surface area contributed by atoms with Gasteiger partial charge in [0, 0.05) is 41.1 Å². The number of hydrogen-bond donors (Lipinski definition) is 3. The summed E-state index contributed by atoms with van der Waals surface area (Å²) >= 11 is 7.07. The van der Waals surface area contributed by atoms with Crippen molar-refractivity contribution in [3.8, 4) is 0 Å². The second-order valence-electron chi connectivity index (χ2n) is 16.9. The van der Waals surface area contributed by atoms with Crippen molar-refractivity contribution < 1.29 is 0 Å². The fraction of sp³-hybridized carbons (Fsp3) is 0.0656. The summed E-state index contributed by atoms with van der Waals surface area (Å²) in [6, 6.07) is 75.3. The maximum absolute atomic E-state index is 5.11. The number of nitrogens with zero attached hydrogens (tertiary/aromatic N) is 3. The van der Waals surface area contributed by atoms with E-state index in [1.165, 1.54) is 22.3 Å². The lowest BCUT2D eigenvalue weighted by molar-refractivity contribution is 1.32. The SMILES string of the molecule is Cc1ccc(N=c2ccc(Sc3ccc(N=c4ccc(Br)ccc4Nc4ccc(Sc5ccc(Nc6ccc(C)cc6)c(=Nc6ccc(C)cc6)cc5)cc4)cc3)ccc2Nc2ccc(C)cc2)cc1. The lowest BCUT2D eigenvalue weighted by Gasteiger charge is -2.07. The first-order valence-electron chi connectivity index (χ1n) is 23.0. The molecule has 344 valence electrons. The maximum atomic E-state index is 5.11. The van der Waals surface area contributed by atoms with Gasteiger partial charge in [0.2, 0.25) is 0 Å². The summed E-state index contributed by atoms with van der Waals surface area (Å²) in [6.45, 7) is 8.37. The van der Waals surface area contributed by atoms with Gasteiger partial charge in [0.05, 0.1) is 50.2 Å². The highest BCUT2D eigenvalue weighted by atomic mass is 79.9. The van der Waals surface area contributed by atoms with Gasteiger partial charge in [0.15, 0.2) is 0 Å². The Morgan fingerprint density at radius 2 is 0.529 bits per heavy atom. The average molecular weight is 1010 g/mol. The van der Waals surface area contributed by atoms with Crippen LogP contribution in [0.5, 0.6) is 0 Å². The zero-order chi connectivity index (χ0) is 48.2. The van der Waals surface area contributed by atoms with Crippen molar-refractivity contribution in [1.29, 1.82) is 0 Å². The number of hydrogen-bond acceptors (Lipinski definition) is 8. The van der Waals surface area contributed by atoms with Crippen LogP contribution in [0.1, 0.15) is 22.3 Å². The van der Waals surface area contributed by atoms with E-state index in [0.29, 0.717) is 0 Å². The number of rotatable bonds is 13. The van der Waals surface area contributed by atoms with Crippen LogP contribution in [0.2, 0.25) is 0 Å². The van der Waals surface area contributed by atoms with Gasteiger partial charge in [-0.25, -0.2) is 15.0 Å². The van der Waals surface area contributed by atoms with Crippen molar-refractivity contribution in [3.05, 3.63) is 261 Å². The van der Waals surface area contributed by atoms with Crippen LogP contribution >= 0.6 is 39.5 Å². The normalized spacial score (nSPS) is 11.9. The maximum Gasteiger partial charge on any atom is 0.0872 e. The molecule has 0 radical (unpaired) electrons. The van der Waals surface area contributed by atoms with E-state index in [9.17, 15) is 0 Å². The molecule has 6 nitrogen and oxygen atoms in total. The quantitative estimate of drug-likeness (QED) is 0.107. The van der Waals surface area contributed by atoms with E-state index < -0.39 is 0 Å². The average Bonchev–Trinajstić information content (AvgIpc) is 3.75. The van der Waals surface area contributed by atoms with Crippen LogP contribution in [0.15, 0.2) is 257 Å². The van der Waals surface area contributed by atoms with Gasteiger partial charge in [-0.1, -0.05) is 110 Å². The second-order valence-corrected chi connectivity index (χ2v) is 20.1. The number of anilines is 6. The highest BCUT2D eigenvalue weighted by molar-refractivity contribution is 9.10. The van der Waals surface area contributed by atoms with Crippen molar-refractivity contribution in [2.24, 2.45) is 15.0 Å². The molecule has 0 amide bonds. The Labute approximate surface area is 427 Å². The van der Waals surface area contributed by atoms with E-state index in [1.807, 2.05) is 18.2 Å². The first-order chi connectivity index (χ1) is 34.1. The molecule has 0 spiro atoms. The molecular weight excluding hydrogens is 961 g/mol. The summed E-state index contributed by atoms with van der Waals surface area (Å²) in [7, 11) is 0. The fourth-order valence-electron chi connectivity index (χ4n) is 7.28. The topological polar surface area (TPSA) is 73.2 Å². The second kappa shape index (κ2) is 22.8. The number of halogens is 1. The van der Waals surface area contributed by atoms with Crippen LogP contribution < -0.4 is 32.0 Å². The van der Waals surface area contributed by atoms with Gasteiger partial charge >= 0.3 is 0 Å². The molecule has 0 saturated carbocycles. The van der Waals surface area contributed by atoms with Crippen LogP contribution in [0, 0.1) is 27.7 Å². The number of benzene rings is 6. The molecule has 0 bridgehead atoms. The summed E-state index contributed by atoms with van der Waals surface area (Å²) in [5.74, 6) is 0. The molecule has 0 aliphatic carbocycles. The van der Waals surface area contributed by atoms with Gasteiger partial charge in [-0.15, -0.1) is 0 Å². The fourth-order valence-corrected chi connectivity index (χ4v) is 9.17. The molecule has 0 atom stereocenters. The molecule has 3 N–H and O–H groups in total. The Hall–Kier alpha value is -7.43. The standard InChI is InChI=1S/C61H51BrN6S2/c1-41-5-15-46(16-6-41)63-58-37-31-54(32-38-59(58)64-47-17-7-42(2)8-18-47)69-52-27-23-50(24-28-52)67-56-35-13-45(62)14-36-57(56)68-51-25-29-53(30-26-51)70-55-33-39-60(65-48-19-9-43(3)10-20-48)61(40-34-55)66-49-21-11-44(4)12-22-49/h5-40H,1-4H3,(H,63,64)(H,65,66)(H,67,68). The third-order valence-corrected chi connectivity index (χ3v) is 13.8. The molecule has 9 rings (SSSR count). The van der Waals surface area contributed by atoms with Crippen molar-refractivity contribution in [1.82, 2.24) is 0 Å². The van der Waals surface area contributed by atoms with Gasteiger partial charge in [-0.3, -0.25) is 0 Å². The Bertz CT molecular complexity index is 3470. The molecule has 9 aromatic rings. The Morgan fingerprint density at radius 1 is 0.286 bits per heavy atom. The molecule has 0 aromatic heterocycles. The molecular formula is C61H51BrN6S2. The summed E-state index contributed by atoms with van der Waals surface area (Å²) < 4.78 is 0.960. The number of aryl methyl sites for hydroxylation is 4. The Balaban J connectivity index is 0.917. The summed E-state index contributed by atoms with van der Waals surface area (Å²) in [5, 5.41) is 13.4. The molecule has 0 aliphatic rings. The van der Waals surface area contributed by atoms with Crippen molar-refractivity contribution in [3.63, 3.8) is 0 Å². The van der Waals surface area contributed by atoms with E-state index in [1.54, 1.807) is 23.5 Å². The molecule has 70 heavy (non-hydrogen) atoms. The largest absolute Gasteiger partial charge is 0.354 e.